The third-order valence-electron chi connectivity index (χ3n) is 16.4. The van der Waals surface area contributed by atoms with Crippen molar-refractivity contribution in [2.45, 2.75) is 121 Å². The lowest BCUT2D eigenvalue weighted by Gasteiger charge is -2.19. The average Bonchev–Trinajstić information content (AvgIpc) is 1.54. The van der Waals surface area contributed by atoms with E-state index in [2.05, 4.69) is 53.6 Å². The Balaban J connectivity index is 0.000000176. The van der Waals surface area contributed by atoms with Crippen LogP contribution >= 0.6 is 11.3 Å². The number of aryl methyl sites for hydroxylation is 5. The van der Waals surface area contributed by atoms with Crippen LogP contribution in [0.1, 0.15) is 134 Å². The van der Waals surface area contributed by atoms with E-state index in [1.165, 1.54) is 94.1 Å². The van der Waals surface area contributed by atoms with Gasteiger partial charge in [-0.2, -0.15) is 0 Å². The molecule has 1 fully saturated rings. The number of sulfonamides is 2. The molecule has 556 valence electrons. The quantitative estimate of drug-likeness (QED) is 0.0498. The van der Waals surface area contributed by atoms with Crippen molar-refractivity contribution in [1.82, 2.24) is 48.3 Å². The monoisotopic (exact) mass is 1510 g/mol. The lowest BCUT2D eigenvalue weighted by molar-refractivity contribution is -0.143. The minimum absolute atomic E-state index is 0.00623. The number of rotatable bonds is 18. The van der Waals surface area contributed by atoms with Gasteiger partial charge in [-0.25, -0.2) is 63.0 Å². The molecule has 104 heavy (non-hydrogen) atoms. The third kappa shape index (κ3) is 17.7. The molecular weight excluding hydrogens is 1440 g/mol. The van der Waals surface area contributed by atoms with Gasteiger partial charge in [0.25, 0.3) is 43.0 Å². The molecular formula is C68H79N11O21S4. The molecule has 0 spiro atoms. The third-order valence-corrected chi connectivity index (χ3v) is 21.4. The number of hydrogen-bond acceptors (Lipinski definition) is 23. The molecule has 4 aromatic carbocycles. The van der Waals surface area contributed by atoms with E-state index in [0.29, 0.717) is 73.2 Å². The van der Waals surface area contributed by atoms with Crippen molar-refractivity contribution < 1.29 is 82.9 Å². The number of esters is 1. The SMILES string of the molecule is CCc1cc(C)cc(CC)c1-c1c(OC(=O)C(C)(C)C)n2n(c1=O)CCOCC2.COc1ccccc1C(=O)NS(=O)(=O)c1ccc(C(=O)NC2CC2)cc1.COc1nn(C(=O)NS(=O)(=O)c2c(C(=O)O)csc2C)c(=O)n1C.Cc1c(C(=O)c2c[nH]n(C)c2=O)ccc(S(C)(=O)=O)c1C1=NOCC1. The number of H-pyrrole nitrogens is 1. The zero-order valence-corrected chi connectivity index (χ0v) is 62.4. The number of benzene rings is 4. The van der Waals surface area contributed by atoms with E-state index in [1.54, 1.807) is 39.2 Å². The molecule has 5 N–H and O–H groups in total. The summed E-state index contributed by atoms with van der Waals surface area (Å²) in [5.41, 5.74) is 4.18. The number of para-hydroxylation sites is 1. The van der Waals surface area contributed by atoms with Crippen LogP contribution in [0, 0.1) is 26.2 Å². The fourth-order valence-corrected chi connectivity index (χ4v) is 15.3. The molecule has 1 aliphatic carbocycles. The second kappa shape index (κ2) is 32.4. The molecule has 3 amide bonds. The molecule has 0 unspecified atom stereocenters. The Morgan fingerprint density at radius 1 is 0.740 bits per heavy atom. The van der Waals surface area contributed by atoms with Crippen LogP contribution in [0.4, 0.5) is 4.79 Å². The molecule has 1 saturated carbocycles. The Morgan fingerprint density at radius 3 is 1.91 bits per heavy atom. The number of aromatic nitrogens is 7. The van der Waals surface area contributed by atoms with Gasteiger partial charge in [-0.3, -0.25) is 33.4 Å². The predicted octanol–water partition coefficient (Wildman–Crippen LogP) is 5.82. The first kappa shape index (κ1) is 79.1. The highest BCUT2D eigenvalue weighted by atomic mass is 32.2. The van der Waals surface area contributed by atoms with Crippen molar-refractivity contribution in [2.24, 2.45) is 24.7 Å². The number of thiophene rings is 1. The maximum Gasteiger partial charge on any atom is 0.360 e. The van der Waals surface area contributed by atoms with Crippen LogP contribution in [0.2, 0.25) is 0 Å². The molecule has 4 aromatic heterocycles. The van der Waals surface area contributed by atoms with Crippen LogP contribution in [0.25, 0.3) is 11.1 Å². The van der Waals surface area contributed by atoms with Crippen LogP contribution in [-0.4, -0.2) is 151 Å². The van der Waals surface area contributed by atoms with E-state index < -0.39 is 80.7 Å². The molecule has 6 heterocycles. The zero-order valence-electron chi connectivity index (χ0n) is 59.1. The van der Waals surface area contributed by atoms with Gasteiger partial charge in [-0.05, 0) is 138 Å². The fraction of sp³-hybridized carbons (Fsp3) is 0.368. The summed E-state index contributed by atoms with van der Waals surface area (Å²) >= 11 is 0.903. The summed E-state index contributed by atoms with van der Waals surface area (Å²) in [7, 11) is -6.72. The first-order chi connectivity index (χ1) is 48.9. The average molecular weight is 1510 g/mol. The number of carboxylic acid groups (broad SMARTS) is 1. The number of amides is 3. The van der Waals surface area contributed by atoms with Gasteiger partial charge in [0.15, 0.2) is 15.6 Å². The number of sulfone groups is 1. The van der Waals surface area contributed by atoms with Crippen LogP contribution in [0.5, 0.6) is 17.6 Å². The van der Waals surface area contributed by atoms with E-state index >= 15 is 0 Å². The van der Waals surface area contributed by atoms with Gasteiger partial charge in [0.1, 0.15) is 28.4 Å². The van der Waals surface area contributed by atoms with Gasteiger partial charge in [0.05, 0.1) is 72.6 Å². The van der Waals surface area contributed by atoms with Gasteiger partial charge in [-0.15, -0.1) is 21.1 Å². The highest BCUT2D eigenvalue weighted by molar-refractivity contribution is 7.91. The van der Waals surface area contributed by atoms with Crippen molar-refractivity contribution in [3.8, 4) is 28.8 Å². The van der Waals surface area contributed by atoms with Gasteiger partial charge < -0.3 is 39.3 Å². The lowest BCUT2D eigenvalue weighted by Crippen LogP contribution is -2.40. The summed E-state index contributed by atoms with van der Waals surface area (Å²) in [6.07, 6.45) is 6.41. The molecule has 11 rings (SSSR count). The van der Waals surface area contributed by atoms with Crippen molar-refractivity contribution in [3.63, 3.8) is 0 Å². The standard InChI is InChI=1S/C23H32N2O4.C18H18N2O5S.C16H17N3O5S.C11H12N4O7S2/c1-7-16-13-15(3)14-17(8-2)18(16)19-20(26)24-9-11-28-12-10-25(24)21(19)29-22(27)23(4,5)6;1-25-16-5-3-2-4-15(16)18(22)20-26(23,24)14-10-6-12(7-11-14)17(21)19-13-8-9-13;1-9-10(15(20)11-8-17-19(2)16(11)21)4-5-13(25(3,22)23)14(9)12-6-7-24-18-12;1-5-7(6(4-23-5)8(16)17)24(20,21)13-9(18)15-11(19)14(2)10(12-15)22-3/h13-14H,7-12H2,1-6H3;2-7,10-11,13H,8-9H2,1H3,(H,19,21)(H,20,22);4-5,8,17H,6-7H2,1-3H3;4H,1-3H3,(H,13,18)(H,16,17). The van der Waals surface area contributed by atoms with Gasteiger partial charge in [-0.1, -0.05) is 48.8 Å². The van der Waals surface area contributed by atoms with E-state index in [9.17, 15) is 68.4 Å². The summed E-state index contributed by atoms with van der Waals surface area (Å²) in [4.78, 5) is 115. The van der Waals surface area contributed by atoms with E-state index in [1.807, 2.05) is 25.5 Å². The molecule has 8 aromatic rings. The Hall–Kier alpha value is -10.6. The number of aromatic amines is 1. The summed E-state index contributed by atoms with van der Waals surface area (Å²) in [5.74, 6) is -2.70. The normalized spacial score (nSPS) is 13.5. The summed E-state index contributed by atoms with van der Waals surface area (Å²) in [6, 6.07) is 17.4. The Morgan fingerprint density at radius 2 is 1.38 bits per heavy atom. The summed E-state index contributed by atoms with van der Waals surface area (Å²) in [5, 5.41) is 23.1. The minimum Gasteiger partial charge on any atom is -0.496 e. The number of hydrogen-bond donors (Lipinski definition) is 5. The summed E-state index contributed by atoms with van der Waals surface area (Å²) < 4.78 is 104. The Labute approximate surface area is 601 Å². The minimum atomic E-state index is -4.52. The first-order valence-corrected chi connectivity index (χ1v) is 37.9. The predicted molar refractivity (Wildman–Crippen MR) is 380 cm³/mol. The maximum absolute atomic E-state index is 13.5. The second-order valence-corrected chi connectivity index (χ2v) is 31.3. The molecule has 0 atom stereocenters. The molecule has 32 nitrogen and oxygen atoms in total. The first-order valence-electron chi connectivity index (χ1n) is 32.2. The number of ether oxygens (including phenoxy) is 4. The van der Waals surface area contributed by atoms with Crippen molar-refractivity contribution in [1.29, 1.82) is 0 Å². The zero-order chi connectivity index (χ0) is 76.7. The molecule has 0 radical (unpaired) electrons. The number of ketones is 1. The number of carbonyl (C=O) groups is 6. The fourth-order valence-electron chi connectivity index (χ4n) is 10.9. The lowest BCUT2D eigenvalue weighted by atomic mass is 9.91. The van der Waals surface area contributed by atoms with Crippen molar-refractivity contribution >= 4 is 82.5 Å². The van der Waals surface area contributed by atoms with Crippen LogP contribution in [0.3, 0.4) is 0 Å². The van der Waals surface area contributed by atoms with E-state index in [0.717, 1.165) is 69.9 Å². The Kier molecular flexibility index (Phi) is 24.7. The number of methoxy groups -OCH3 is 2. The topological polar surface area (TPSA) is 424 Å². The van der Waals surface area contributed by atoms with Crippen molar-refractivity contribution in [2.75, 3.05) is 40.3 Å². The highest BCUT2D eigenvalue weighted by Gasteiger charge is 2.35. The van der Waals surface area contributed by atoms with Crippen LogP contribution < -0.4 is 45.8 Å². The van der Waals surface area contributed by atoms with Gasteiger partial charge >= 0.3 is 29.7 Å². The maximum atomic E-state index is 13.5. The number of aromatic carboxylic acids is 1. The smallest absolute Gasteiger partial charge is 0.360 e. The van der Waals surface area contributed by atoms with Crippen molar-refractivity contribution in [3.05, 3.63) is 176 Å². The highest BCUT2D eigenvalue weighted by Crippen LogP contribution is 2.37. The molecule has 3 aliphatic rings. The number of fused-ring (bicyclic) bond motifs is 1. The number of oxime groups is 1. The molecule has 0 saturated heterocycles. The number of nitrogens with one attached hydrogen (secondary N) is 4. The Bertz CT molecular complexity index is 5230. The second-order valence-electron chi connectivity index (χ2n) is 24.9. The van der Waals surface area contributed by atoms with Crippen LogP contribution in [0.15, 0.2) is 119 Å². The molecule has 0 bridgehead atoms. The number of carbonyl (C=O) groups excluding carboxylic acids is 5. The number of carboxylic acids is 1. The van der Waals surface area contributed by atoms with Gasteiger partial charge in [0.2, 0.25) is 5.88 Å². The largest absolute Gasteiger partial charge is 0.496 e. The van der Waals surface area contributed by atoms with E-state index in [-0.39, 0.29) is 71.3 Å². The molecule has 2 aliphatic heterocycles. The van der Waals surface area contributed by atoms with Crippen LogP contribution in [-0.2, 0) is 84.3 Å². The van der Waals surface area contributed by atoms with Gasteiger partial charge in [0, 0.05) is 66.0 Å². The van der Waals surface area contributed by atoms with E-state index in [4.69, 9.17) is 28.9 Å². The molecule has 36 heteroatoms. The number of nitrogens with zero attached hydrogens (tertiary/aromatic N) is 7. The summed E-state index contributed by atoms with van der Waals surface area (Å²) in [6.45, 7) is 16.9.